The summed E-state index contributed by atoms with van der Waals surface area (Å²) in [7, 11) is 0. The highest BCUT2D eigenvalue weighted by molar-refractivity contribution is 9.10. The number of aromatic nitrogens is 1. The third-order valence-corrected chi connectivity index (χ3v) is 3.05. The van der Waals surface area contributed by atoms with Gasteiger partial charge in [0.05, 0.1) is 9.40 Å². The quantitative estimate of drug-likeness (QED) is 0.681. The standard InChI is InChI=1S/C12H9BrFN3O3/c13-8-4-10(17(18)19)11(5-9(8)14)20-6-7-1-2-16-12(15)3-7/h1-5H,6H2,(H2,15,16). The van der Waals surface area contributed by atoms with E-state index in [2.05, 4.69) is 20.9 Å². The van der Waals surface area contributed by atoms with Crippen molar-refractivity contribution in [1.29, 1.82) is 0 Å². The Bertz CT molecular complexity index is 666. The van der Waals surface area contributed by atoms with Crippen LogP contribution in [0.3, 0.4) is 0 Å². The Hall–Kier alpha value is -2.22. The highest BCUT2D eigenvalue weighted by atomic mass is 79.9. The van der Waals surface area contributed by atoms with Gasteiger partial charge in [-0.15, -0.1) is 0 Å². The lowest BCUT2D eigenvalue weighted by atomic mass is 10.2. The van der Waals surface area contributed by atoms with E-state index in [4.69, 9.17) is 10.5 Å². The summed E-state index contributed by atoms with van der Waals surface area (Å²) in [4.78, 5) is 14.1. The zero-order valence-electron chi connectivity index (χ0n) is 10.0. The lowest BCUT2D eigenvalue weighted by Crippen LogP contribution is -2.01. The number of ether oxygens (including phenoxy) is 1. The van der Waals surface area contributed by atoms with Crippen LogP contribution in [0.5, 0.6) is 5.75 Å². The van der Waals surface area contributed by atoms with Crippen LogP contribution in [-0.2, 0) is 6.61 Å². The number of nitro benzene ring substituents is 1. The molecule has 0 amide bonds. The maximum atomic E-state index is 13.4. The Morgan fingerprint density at radius 3 is 2.85 bits per heavy atom. The minimum Gasteiger partial charge on any atom is -0.482 e. The van der Waals surface area contributed by atoms with Crippen LogP contribution in [0.15, 0.2) is 34.9 Å². The van der Waals surface area contributed by atoms with Crippen molar-refractivity contribution in [2.24, 2.45) is 0 Å². The van der Waals surface area contributed by atoms with Gasteiger partial charge in [0.2, 0.25) is 0 Å². The van der Waals surface area contributed by atoms with Crippen LogP contribution in [0, 0.1) is 15.9 Å². The Morgan fingerprint density at radius 2 is 2.20 bits per heavy atom. The predicted octanol–water partition coefficient (Wildman–Crippen LogP) is 3.05. The molecule has 1 heterocycles. The molecule has 0 unspecified atom stereocenters. The van der Waals surface area contributed by atoms with E-state index >= 15 is 0 Å². The topological polar surface area (TPSA) is 91.3 Å². The Balaban J connectivity index is 2.24. The number of nitro groups is 1. The van der Waals surface area contributed by atoms with Crippen LogP contribution in [0.25, 0.3) is 0 Å². The maximum Gasteiger partial charge on any atom is 0.312 e. The molecule has 2 aromatic rings. The van der Waals surface area contributed by atoms with Crippen LogP contribution in [0.1, 0.15) is 5.56 Å². The van der Waals surface area contributed by atoms with Gasteiger partial charge in [-0.3, -0.25) is 10.1 Å². The van der Waals surface area contributed by atoms with Crippen molar-refractivity contribution in [3.63, 3.8) is 0 Å². The summed E-state index contributed by atoms with van der Waals surface area (Å²) >= 11 is 2.89. The first-order valence-electron chi connectivity index (χ1n) is 5.44. The number of anilines is 1. The van der Waals surface area contributed by atoms with E-state index in [9.17, 15) is 14.5 Å². The number of rotatable bonds is 4. The lowest BCUT2D eigenvalue weighted by molar-refractivity contribution is -0.386. The van der Waals surface area contributed by atoms with Crippen LogP contribution in [0.4, 0.5) is 15.9 Å². The molecule has 0 aliphatic carbocycles. The van der Waals surface area contributed by atoms with E-state index in [1.165, 1.54) is 6.20 Å². The summed E-state index contributed by atoms with van der Waals surface area (Å²) in [5, 5.41) is 10.9. The van der Waals surface area contributed by atoms with Crippen molar-refractivity contribution >= 4 is 27.4 Å². The summed E-state index contributed by atoms with van der Waals surface area (Å²) in [6, 6.07) is 5.25. The number of hydrogen-bond donors (Lipinski definition) is 1. The third-order valence-electron chi connectivity index (χ3n) is 2.44. The average Bonchev–Trinajstić information content (AvgIpc) is 2.39. The number of nitrogens with two attached hydrogens (primary N) is 1. The second-order valence-electron chi connectivity index (χ2n) is 3.87. The first kappa shape index (κ1) is 14.2. The molecule has 0 saturated heterocycles. The largest absolute Gasteiger partial charge is 0.482 e. The molecule has 6 nitrogen and oxygen atoms in total. The molecule has 0 spiro atoms. The molecule has 0 radical (unpaired) electrons. The second-order valence-corrected chi connectivity index (χ2v) is 4.72. The zero-order valence-corrected chi connectivity index (χ0v) is 11.6. The molecular weight excluding hydrogens is 333 g/mol. The van der Waals surface area contributed by atoms with Crippen LogP contribution < -0.4 is 10.5 Å². The molecule has 8 heteroatoms. The molecule has 0 bridgehead atoms. The van der Waals surface area contributed by atoms with Crippen molar-refractivity contribution < 1.29 is 14.1 Å². The van der Waals surface area contributed by atoms with Gasteiger partial charge in [-0.25, -0.2) is 9.37 Å². The summed E-state index contributed by atoms with van der Waals surface area (Å²) in [6.07, 6.45) is 1.49. The van der Waals surface area contributed by atoms with Crippen LogP contribution >= 0.6 is 15.9 Å². The molecule has 1 aromatic heterocycles. The Labute approximate surface area is 121 Å². The van der Waals surface area contributed by atoms with Crippen molar-refractivity contribution in [1.82, 2.24) is 4.98 Å². The summed E-state index contributed by atoms with van der Waals surface area (Å²) in [5.41, 5.74) is 5.87. The predicted molar refractivity (Wildman–Crippen MR) is 73.7 cm³/mol. The second kappa shape index (κ2) is 5.83. The molecule has 2 rings (SSSR count). The monoisotopic (exact) mass is 341 g/mol. The smallest absolute Gasteiger partial charge is 0.312 e. The van der Waals surface area contributed by atoms with Crippen molar-refractivity contribution in [3.05, 3.63) is 56.4 Å². The first-order valence-corrected chi connectivity index (χ1v) is 6.23. The lowest BCUT2D eigenvalue weighted by Gasteiger charge is -2.08. The van der Waals surface area contributed by atoms with Gasteiger partial charge in [0.1, 0.15) is 18.2 Å². The fraction of sp³-hybridized carbons (Fsp3) is 0.0833. The molecule has 20 heavy (non-hydrogen) atoms. The highest BCUT2D eigenvalue weighted by Crippen LogP contribution is 2.33. The molecule has 0 atom stereocenters. The van der Waals surface area contributed by atoms with E-state index in [1.807, 2.05) is 0 Å². The Kier molecular flexibility index (Phi) is 4.14. The SMILES string of the molecule is Nc1cc(COc2cc(F)c(Br)cc2[N+](=O)[O-])ccn1. The number of nitrogens with zero attached hydrogens (tertiary/aromatic N) is 2. The fourth-order valence-corrected chi connectivity index (χ4v) is 1.85. The molecule has 1 aromatic carbocycles. The van der Waals surface area contributed by atoms with E-state index in [1.54, 1.807) is 12.1 Å². The van der Waals surface area contributed by atoms with Gasteiger partial charge in [0, 0.05) is 18.3 Å². The molecule has 0 aliphatic rings. The fourth-order valence-electron chi connectivity index (χ4n) is 1.52. The van der Waals surface area contributed by atoms with E-state index in [-0.39, 0.29) is 22.5 Å². The minimum atomic E-state index is -0.639. The minimum absolute atomic E-state index is 0.00436. The number of benzene rings is 1. The van der Waals surface area contributed by atoms with Gasteiger partial charge >= 0.3 is 5.69 Å². The van der Waals surface area contributed by atoms with Gasteiger partial charge in [-0.05, 0) is 33.6 Å². The van der Waals surface area contributed by atoms with E-state index < -0.39 is 10.7 Å². The van der Waals surface area contributed by atoms with Crippen LogP contribution in [-0.4, -0.2) is 9.91 Å². The van der Waals surface area contributed by atoms with E-state index in [0.717, 1.165) is 12.1 Å². The summed E-state index contributed by atoms with van der Waals surface area (Å²) in [6.45, 7) is 0.0225. The first-order chi connectivity index (χ1) is 9.47. The van der Waals surface area contributed by atoms with Gasteiger partial charge < -0.3 is 10.5 Å². The number of halogens is 2. The number of nitrogen functional groups attached to an aromatic ring is 1. The zero-order chi connectivity index (χ0) is 14.7. The third kappa shape index (κ3) is 3.21. The van der Waals surface area contributed by atoms with Gasteiger partial charge in [0.15, 0.2) is 5.75 Å². The number of hydrogen-bond acceptors (Lipinski definition) is 5. The normalized spacial score (nSPS) is 10.3. The Morgan fingerprint density at radius 1 is 1.45 bits per heavy atom. The number of pyridine rings is 1. The van der Waals surface area contributed by atoms with Gasteiger partial charge in [-0.2, -0.15) is 0 Å². The van der Waals surface area contributed by atoms with Gasteiger partial charge in [0.25, 0.3) is 0 Å². The molecular formula is C12H9BrFN3O3. The highest BCUT2D eigenvalue weighted by Gasteiger charge is 2.19. The van der Waals surface area contributed by atoms with Crippen molar-refractivity contribution in [2.75, 3.05) is 5.73 Å². The van der Waals surface area contributed by atoms with Crippen molar-refractivity contribution in [2.45, 2.75) is 6.61 Å². The van der Waals surface area contributed by atoms with Crippen molar-refractivity contribution in [3.8, 4) is 5.75 Å². The molecule has 0 fully saturated rings. The molecule has 0 saturated carbocycles. The molecule has 0 aliphatic heterocycles. The molecule has 104 valence electrons. The maximum absolute atomic E-state index is 13.4. The molecule has 2 N–H and O–H groups in total. The summed E-state index contributed by atoms with van der Waals surface area (Å²) < 4.78 is 18.7. The van der Waals surface area contributed by atoms with E-state index in [0.29, 0.717) is 11.4 Å². The van der Waals surface area contributed by atoms with Crippen LogP contribution in [0.2, 0.25) is 0 Å². The van der Waals surface area contributed by atoms with Gasteiger partial charge in [-0.1, -0.05) is 0 Å². The average molecular weight is 342 g/mol. The summed E-state index contributed by atoms with van der Waals surface area (Å²) in [5.74, 6) is -0.478.